The molecule has 0 radical (unpaired) electrons. The lowest BCUT2D eigenvalue weighted by molar-refractivity contribution is -0.0140. The van der Waals surface area contributed by atoms with Crippen LogP contribution in [-0.4, -0.2) is 48.3 Å². The van der Waals surface area contributed by atoms with Crippen molar-refractivity contribution in [1.29, 1.82) is 0 Å². The molecule has 0 amide bonds. The van der Waals surface area contributed by atoms with E-state index in [-0.39, 0.29) is 25.3 Å². The molecule has 2 rings (SSSR count). The molecule has 0 bridgehead atoms. The molecule has 0 N–H and O–H groups in total. The molecule has 5 nitrogen and oxygen atoms in total. The van der Waals surface area contributed by atoms with E-state index in [9.17, 15) is 12.8 Å². The highest BCUT2D eigenvalue weighted by molar-refractivity contribution is 9.09. The number of morpholine rings is 1. The van der Waals surface area contributed by atoms with Gasteiger partial charge in [-0.2, -0.15) is 4.31 Å². The molecule has 1 aliphatic rings. The van der Waals surface area contributed by atoms with Crippen LogP contribution in [0, 0.1) is 5.82 Å². The largest absolute Gasteiger partial charge is 0.374 e. The fourth-order valence-corrected chi connectivity index (χ4v) is 3.91. The third-order valence-corrected chi connectivity index (χ3v) is 5.54. The van der Waals surface area contributed by atoms with Crippen molar-refractivity contribution >= 4 is 26.0 Å². The second-order valence-electron chi connectivity index (χ2n) is 4.32. The molecule has 0 spiro atoms. The number of nitrogens with zero attached hydrogens (tertiary/aromatic N) is 2. The van der Waals surface area contributed by atoms with Crippen LogP contribution in [-0.2, 0) is 14.8 Å². The van der Waals surface area contributed by atoms with Crippen molar-refractivity contribution in [3.05, 3.63) is 24.1 Å². The van der Waals surface area contributed by atoms with Crippen LogP contribution in [0.5, 0.6) is 0 Å². The Morgan fingerprint density at radius 3 is 3.00 bits per heavy atom. The van der Waals surface area contributed by atoms with Crippen molar-refractivity contribution in [2.24, 2.45) is 0 Å². The van der Waals surface area contributed by atoms with Gasteiger partial charge in [-0.05, 0) is 19.1 Å². The number of hydrogen-bond donors (Lipinski definition) is 0. The summed E-state index contributed by atoms with van der Waals surface area (Å²) < 4.78 is 45.2. The Balaban J connectivity index is 2.36. The van der Waals surface area contributed by atoms with E-state index in [0.29, 0.717) is 5.33 Å². The molecular formula is C11H14BrFN2O3S. The van der Waals surface area contributed by atoms with Gasteiger partial charge in [-0.1, -0.05) is 15.9 Å². The van der Waals surface area contributed by atoms with Crippen LogP contribution in [0.4, 0.5) is 4.39 Å². The number of rotatable bonds is 3. The second kappa shape index (κ2) is 5.82. The second-order valence-corrected chi connectivity index (χ2v) is 6.78. The third kappa shape index (κ3) is 2.96. The topological polar surface area (TPSA) is 59.5 Å². The first-order valence-electron chi connectivity index (χ1n) is 5.76. The lowest BCUT2D eigenvalue weighted by atomic mass is 10.2. The Bertz CT molecular complexity index is 555. The molecule has 106 valence electrons. The van der Waals surface area contributed by atoms with E-state index in [1.54, 1.807) is 6.92 Å². The number of aromatic nitrogens is 1. The maximum atomic E-state index is 13.6. The number of pyridine rings is 1. The Morgan fingerprint density at radius 1 is 1.63 bits per heavy atom. The summed E-state index contributed by atoms with van der Waals surface area (Å²) in [6, 6.07) is 2.10. The van der Waals surface area contributed by atoms with E-state index in [2.05, 4.69) is 20.9 Å². The first-order valence-corrected chi connectivity index (χ1v) is 8.33. The van der Waals surface area contributed by atoms with E-state index in [1.165, 1.54) is 16.6 Å². The molecule has 2 heterocycles. The molecule has 19 heavy (non-hydrogen) atoms. The summed E-state index contributed by atoms with van der Waals surface area (Å²) in [6.45, 7) is 2.19. The van der Waals surface area contributed by atoms with Crippen LogP contribution in [0.15, 0.2) is 23.4 Å². The van der Waals surface area contributed by atoms with Gasteiger partial charge in [0, 0.05) is 24.1 Å². The highest BCUT2D eigenvalue weighted by Crippen LogP contribution is 2.23. The number of hydrogen-bond acceptors (Lipinski definition) is 4. The minimum absolute atomic E-state index is 0.185. The van der Waals surface area contributed by atoms with Crippen LogP contribution in [0.1, 0.15) is 6.92 Å². The maximum Gasteiger partial charge on any atom is 0.263 e. The summed E-state index contributed by atoms with van der Waals surface area (Å²) in [5, 5.41) is -0.00624. The smallest absolute Gasteiger partial charge is 0.263 e. The van der Waals surface area contributed by atoms with Crippen LogP contribution in [0.3, 0.4) is 0 Å². The van der Waals surface area contributed by atoms with E-state index in [0.717, 1.165) is 6.07 Å². The Morgan fingerprint density at radius 2 is 2.37 bits per heavy atom. The fourth-order valence-electron chi connectivity index (χ4n) is 1.89. The normalized spacial score (nSPS) is 25.4. The molecule has 0 aromatic carbocycles. The standard InChI is InChI=1S/C11H14BrFN2O3S/c1-8-7-18-9(5-12)6-15(8)19(16,17)11-10(13)3-2-4-14-11/h2-4,8-9H,5-7H2,1H3. The van der Waals surface area contributed by atoms with Gasteiger partial charge in [0.05, 0.1) is 12.7 Å². The molecular weight excluding hydrogens is 339 g/mol. The van der Waals surface area contributed by atoms with E-state index < -0.39 is 20.9 Å². The lowest BCUT2D eigenvalue weighted by Gasteiger charge is -2.36. The first kappa shape index (κ1) is 14.8. The van der Waals surface area contributed by atoms with Gasteiger partial charge in [0.1, 0.15) is 0 Å². The summed E-state index contributed by atoms with van der Waals surface area (Å²) >= 11 is 3.26. The molecule has 1 aromatic rings. The Kier molecular flexibility index (Phi) is 4.54. The molecule has 1 fully saturated rings. The molecule has 8 heteroatoms. The van der Waals surface area contributed by atoms with Gasteiger partial charge in [-0.25, -0.2) is 17.8 Å². The maximum absolute atomic E-state index is 13.6. The van der Waals surface area contributed by atoms with Crippen LogP contribution in [0.2, 0.25) is 0 Å². The van der Waals surface area contributed by atoms with Gasteiger partial charge < -0.3 is 4.74 Å². The SMILES string of the molecule is CC1COC(CBr)CN1S(=O)(=O)c1ncccc1F. The number of ether oxygens (including phenoxy) is 1. The fraction of sp³-hybridized carbons (Fsp3) is 0.545. The summed E-state index contributed by atoms with van der Waals surface area (Å²) in [5.41, 5.74) is 0. The average Bonchev–Trinajstić information content (AvgIpc) is 2.39. The molecule has 1 aliphatic heterocycles. The van der Waals surface area contributed by atoms with E-state index in [4.69, 9.17) is 4.74 Å². The summed E-state index contributed by atoms with van der Waals surface area (Å²) in [6.07, 6.45) is 1.03. The predicted octanol–water partition coefficient (Wildman–Crippen LogP) is 1.39. The van der Waals surface area contributed by atoms with Gasteiger partial charge in [0.15, 0.2) is 5.82 Å². The first-order chi connectivity index (χ1) is 8.96. The quantitative estimate of drug-likeness (QED) is 0.771. The number of alkyl halides is 1. The Labute approximate surface area is 120 Å². The van der Waals surface area contributed by atoms with Gasteiger partial charge in [-0.15, -0.1) is 0 Å². The zero-order chi connectivity index (χ0) is 14.0. The average molecular weight is 353 g/mol. The Hall–Kier alpha value is -0.570. The van der Waals surface area contributed by atoms with Gasteiger partial charge in [0.25, 0.3) is 10.0 Å². The van der Waals surface area contributed by atoms with Crippen molar-refractivity contribution in [1.82, 2.24) is 9.29 Å². The van der Waals surface area contributed by atoms with Crippen molar-refractivity contribution in [2.75, 3.05) is 18.5 Å². The van der Waals surface area contributed by atoms with Crippen molar-refractivity contribution < 1.29 is 17.5 Å². The van der Waals surface area contributed by atoms with Crippen molar-refractivity contribution in [3.63, 3.8) is 0 Å². The number of halogens is 2. The summed E-state index contributed by atoms with van der Waals surface area (Å²) in [7, 11) is -3.94. The highest BCUT2D eigenvalue weighted by Gasteiger charge is 2.37. The molecule has 1 aromatic heterocycles. The predicted molar refractivity (Wildman–Crippen MR) is 71.1 cm³/mol. The summed E-state index contributed by atoms with van der Waals surface area (Å²) in [4.78, 5) is 3.65. The number of sulfonamides is 1. The zero-order valence-corrected chi connectivity index (χ0v) is 12.7. The zero-order valence-electron chi connectivity index (χ0n) is 10.3. The van der Waals surface area contributed by atoms with Gasteiger partial charge in [0.2, 0.25) is 5.03 Å². The highest BCUT2D eigenvalue weighted by atomic mass is 79.9. The molecule has 2 unspecified atom stereocenters. The monoisotopic (exact) mass is 352 g/mol. The van der Waals surface area contributed by atoms with Crippen LogP contribution < -0.4 is 0 Å². The van der Waals surface area contributed by atoms with E-state index in [1.807, 2.05) is 0 Å². The molecule has 0 aliphatic carbocycles. The van der Waals surface area contributed by atoms with Crippen LogP contribution in [0.25, 0.3) is 0 Å². The van der Waals surface area contributed by atoms with Crippen LogP contribution >= 0.6 is 15.9 Å². The third-order valence-electron chi connectivity index (χ3n) is 2.90. The lowest BCUT2D eigenvalue weighted by Crippen LogP contribution is -2.51. The van der Waals surface area contributed by atoms with Gasteiger partial charge >= 0.3 is 0 Å². The van der Waals surface area contributed by atoms with Crippen molar-refractivity contribution in [3.8, 4) is 0 Å². The molecule has 0 saturated carbocycles. The minimum atomic E-state index is -3.94. The van der Waals surface area contributed by atoms with Gasteiger partial charge in [-0.3, -0.25) is 0 Å². The summed E-state index contributed by atoms with van der Waals surface area (Å²) in [5.74, 6) is -0.836. The van der Waals surface area contributed by atoms with E-state index >= 15 is 0 Å². The molecule has 2 atom stereocenters. The minimum Gasteiger partial charge on any atom is -0.374 e. The van der Waals surface area contributed by atoms with Crippen molar-refractivity contribution in [2.45, 2.75) is 24.1 Å². The molecule has 1 saturated heterocycles.